The van der Waals surface area contributed by atoms with E-state index < -0.39 is 0 Å². The van der Waals surface area contributed by atoms with Gasteiger partial charge >= 0.3 is 0 Å². The molecule has 0 bridgehead atoms. The van der Waals surface area contributed by atoms with Crippen LogP contribution >= 0.6 is 0 Å². The van der Waals surface area contributed by atoms with Gasteiger partial charge in [0.2, 0.25) is 0 Å². The lowest BCUT2D eigenvalue weighted by molar-refractivity contribution is 0.660. The molecule has 0 amide bonds. The standard InChI is InChI=1S/C33H25NO/c1-33(2)28-13-7-6-11-25(28)26-17-15-23(20-29(26)33)34-22-16-18-30-27(19-22)32-24(12-8-14-31(32)35-30)21-9-4-3-5-10-21/h3-20,34H,1-2H3. The summed E-state index contributed by atoms with van der Waals surface area (Å²) in [5.74, 6) is 0. The van der Waals surface area contributed by atoms with Gasteiger partial charge in [-0.1, -0.05) is 86.6 Å². The molecule has 6 aromatic rings. The van der Waals surface area contributed by atoms with E-state index in [0.29, 0.717) is 0 Å². The van der Waals surface area contributed by atoms with Crippen molar-refractivity contribution in [3.63, 3.8) is 0 Å². The Hall–Kier alpha value is -4.30. The molecule has 1 aliphatic carbocycles. The zero-order chi connectivity index (χ0) is 23.6. The highest BCUT2D eigenvalue weighted by Crippen LogP contribution is 2.49. The van der Waals surface area contributed by atoms with Gasteiger partial charge in [0, 0.05) is 27.6 Å². The Labute approximate surface area is 204 Å². The monoisotopic (exact) mass is 451 g/mol. The minimum absolute atomic E-state index is 0.0150. The van der Waals surface area contributed by atoms with Crippen LogP contribution in [0, 0.1) is 0 Å². The lowest BCUT2D eigenvalue weighted by atomic mass is 9.82. The molecule has 168 valence electrons. The number of anilines is 2. The Morgan fingerprint density at radius 2 is 1.29 bits per heavy atom. The molecule has 2 nitrogen and oxygen atoms in total. The molecule has 0 saturated heterocycles. The first-order chi connectivity index (χ1) is 17.1. The van der Waals surface area contributed by atoms with E-state index in [1.807, 2.05) is 0 Å². The van der Waals surface area contributed by atoms with E-state index in [1.54, 1.807) is 0 Å². The second kappa shape index (κ2) is 7.35. The van der Waals surface area contributed by atoms with E-state index in [9.17, 15) is 0 Å². The highest BCUT2D eigenvalue weighted by Gasteiger charge is 2.35. The number of furan rings is 1. The van der Waals surface area contributed by atoms with Crippen molar-refractivity contribution < 1.29 is 4.42 Å². The molecule has 0 fully saturated rings. The third-order valence-electron chi connectivity index (χ3n) is 7.45. The van der Waals surface area contributed by atoms with Gasteiger partial charge in [-0.3, -0.25) is 0 Å². The summed E-state index contributed by atoms with van der Waals surface area (Å²) in [5, 5.41) is 5.94. The summed E-state index contributed by atoms with van der Waals surface area (Å²) in [4.78, 5) is 0. The number of fused-ring (bicyclic) bond motifs is 6. The Bertz CT molecular complexity index is 1740. The summed E-state index contributed by atoms with van der Waals surface area (Å²) < 4.78 is 6.22. The van der Waals surface area contributed by atoms with Crippen LogP contribution in [0.2, 0.25) is 0 Å². The Morgan fingerprint density at radius 3 is 2.17 bits per heavy atom. The lowest BCUT2D eigenvalue weighted by Crippen LogP contribution is -2.15. The lowest BCUT2D eigenvalue weighted by Gasteiger charge is -2.22. The van der Waals surface area contributed by atoms with Crippen molar-refractivity contribution in [2.24, 2.45) is 0 Å². The summed E-state index contributed by atoms with van der Waals surface area (Å²) in [6.07, 6.45) is 0. The molecular formula is C33H25NO. The van der Waals surface area contributed by atoms with Gasteiger partial charge in [-0.15, -0.1) is 0 Å². The smallest absolute Gasteiger partial charge is 0.136 e. The molecule has 0 saturated carbocycles. The first-order valence-corrected chi connectivity index (χ1v) is 12.1. The number of nitrogens with one attached hydrogen (secondary N) is 1. The molecule has 1 aliphatic rings. The van der Waals surface area contributed by atoms with Gasteiger partial charge in [0.15, 0.2) is 0 Å². The summed E-state index contributed by atoms with van der Waals surface area (Å²) in [5.41, 5.74) is 11.8. The van der Waals surface area contributed by atoms with Crippen molar-refractivity contribution in [3.05, 3.63) is 120 Å². The average molecular weight is 452 g/mol. The molecule has 1 N–H and O–H groups in total. The zero-order valence-electron chi connectivity index (χ0n) is 19.8. The number of rotatable bonds is 3. The van der Waals surface area contributed by atoms with Gasteiger partial charge in [-0.05, 0) is 69.8 Å². The van der Waals surface area contributed by atoms with Crippen LogP contribution in [0.3, 0.4) is 0 Å². The van der Waals surface area contributed by atoms with Gasteiger partial charge in [-0.25, -0.2) is 0 Å². The van der Waals surface area contributed by atoms with Crippen LogP contribution < -0.4 is 5.32 Å². The molecule has 0 aliphatic heterocycles. The molecule has 35 heavy (non-hydrogen) atoms. The first kappa shape index (κ1) is 20.1. The minimum atomic E-state index is -0.0150. The molecule has 5 aromatic carbocycles. The molecule has 1 aromatic heterocycles. The van der Waals surface area contributed by atoms with Crippen LogP contribution in [-0.4, -0.2) is 0 Å². The van der Waals surface area contributed by atoms with Crippen molar-refractivity contribution in [3.8, 4) is 22.3 Å². The Balaban J connectivity index is 1.32. The van der Waals surface area contributed by atoms with Crippen molar-refractivity contribution in [1.29, 1.82) is 0 Å². The molecule has 1 heterocycles. The summed E-state index contributed by atoms with van der Waals surface area (Å²) >= 11 is 0. The van der Waals surface area contributed by atoms with E-state index >= 15 is 0 Å². The second-order valence-corrected chi connectivity index (χ2v) is 9.91. The van der Waals surface area contributed by atoms with E-state index in [0.717, 1.165) is 33.3 Å². The molecule has 0 atom stereocenters. The van der Waals surface area contributed by atoms with E-state index in [1.165, 1.54) is 33.4 Å². The number of hydrogen-bond acceptors (Lipinski definition) is 2. The van der Waals surface area contributed by atoms with Crippen molar-refractivity contribution in [2.75, 3.05) is 5.32 Å². The van der Waals surface area contributed by atoms with Gasteiger partial charge in [0.05, 0.1) is 0 Å². The van der Waals surface area contributed by atoms with Crippen LogP contribution in [0.15, 0.2) is 114 Å². The normalized spacial score (nSPS) is 13.7. The van der Waals surface area contributed by atoms with E-state index in [2.05, 4.69) is 128 Å². The van der Waals surface area contributed by atoms with Gasteiger partial charge in [-0.2, -0.15) is 0 Å². The summed E-state index contributed by atoms with van der Waals surface area (Å²) in [6.45, 7) is 4.63. The van der Waals surface area contributed by atoms with Crippen LogP contribution in [0.4, 0.5) is 11.4 Å². The SMILES string of the molecule is CC1(C)c2ccccc2-c2ccc(Nc3ccc4oc5cccc(-c6ccccc6)c5c4c3)cc21. The molecule has 0 unspecified atom stereocenters. The summed E-state index contributed by atoms with van der Waals surface area (Å²) in [7, 11) is 0. The Morgan fingerprint density at radius 1 is 0.571 bits per heavy atom. The molecule has 7 rings (SSSR count). The fraction of sp³-hybridized carbons (Fsp3) is 0.0909. The van der Waals surface area contributed by atoms with Crippen molar-refractivity contribution >= 4 is 33.3 Å². The van der Waals surface area contributed by atoms with Gasteiger partial charge in [0.1, 0.15) is 11.2 Å². The Kier molecular flexibility index (Phi) is 4.22. The zero-order valence-corrected chi connectivity index (χ0v) is 19.8. The van der Waals surface area contributed by atoms with Gasteiger partial charge in [0.25, 0.3) is 0 Å². The van der Waals surface area contributed by atoms with Crippen LogP contribution in [0.1, 0.15) is 25.0 Å². The predicted molar refractivity (Wildman–Crippen MR) is 146 cm³/mol. The van der Waals surface area contributed by atoms with Crippen LogP contribution in [0.25, 0.3) is 44.2 Å². The molecular weight excluding hydrogens is 426 g/mol. The molecule has 0 spiro atoms. The summed E-state index contributed by atoms with van der Waals surface area (Å²) in [6, 6.07) is 38.7. The average Bonchev–Trinajstić information content (AvgIpc) is 3.37. The second-order valence-electron chi connectivity index (χ2n) is 9.91. The van der Waals surface area contributed by atoms with Gasteiger partial charge < -0.3 is 9.73 Å². The van der Waals surface area contributed by atoms with E-state index in [-0.39, 0.29) is 5.41 Å². The quantitative estimate of drug-likeness (QED) is 0.290. The van der Waals surface area contributed by atoms with Crippen LogP contribution in [-0.2, 0) is 5.41 Å². The third-order valence-corrected chi connectivity index (χ3v) is 7.45. The highest BCUT2D eigenvalue weighted by molar-refractivity contribution is 6.13. The van der Waals surface area contributed by atoms with Crippen molar-refractivity contribution in [2.45, 2.75) is 19.3 Å². The largest absolute Gasteiger partial charge is 0.456 e. The van der Waals surface area contributed by atoms with E-state index in [4.69, 9.17) is 4.42 Å². The topological polar surface area (TPSA) is 25.2 Å². The molecule has 2 heteroatoms. The maximum atomic E-state index is 6.22. The maximum Gasteiger partial charge on any atom is 0.136 e. The fourth-order valence-electron chi connectivity index (χ4n) is 5.71. The highest BCUT2D eigenvalue weighted by atomic mass is 16.3. The van der Waals surface area contributed by atoms with Crippen LogP contribution in [0.5, 0.6) is 0 Å². The van der Waals surface area contributed by atoms with Crippen molar-refractivity contribution in [1.82, 2.24) is 0 Å². The molecule has 0 radical (unpaired) electrons. The minimum Gasteiger partial charge on any atom is -0.456 e. The predicted octanol–water partition coefficient (Wildman–Crippen LogP) is 9.30. The number of hydrogen-bond donors (Lipinski definition) is 1. The fourth-order valence-corrected chi connectivity index (χ4v) is 5.71. The third kappa shape index (κ3) is 3.03. The maximum absolute atomic E-state index is 6.22. The number of benzene rings is 5. The first-order valence-electron chi connectivity index (χ1n) is 12.1.